The second kappa shape index (κ2) is 7.17. The molecule has 3 aromatic rings. The van der Waals surface area contributed by atoms with Gasteiger partial charge in [-0.2, -0.15) is 11.8 Å². The molecular formula is C17H17ClFN5S. The molecule has 4 rings (SSSR count). The topological polar surface area (TPSA) is 55.1 Å². The van der Waals surface area contributed by atoms with Crippen molar-refractivity contribution in [1.29, 1.82) is 0 Å². The first-order valence-electron chi connectivity index (χ1n) is 8.22. The van der Waals surface area contributed by atoms with E-state index in [9.17, 15) is 4.39 Å². The molecule has 1 aliphatic heterocycles. The normalized spacial score (nSPS) is 17.3. The molecule has 5 nitrogen and oxygen atoms in total. The zero-order valence-corrected chi connectivity index (χ0v) is 15.0. The van der Waals surface area contributed by atoms with E-state index in [2.05, 4.69) is 20.5 Å². The minimum absolute atomic E-state index is 0.226. The van der Waals surface area contributed by atoms with Crippen molar-refractivity contribution in [3.8, 4) is 0 Å². The molecule has 0 aliphatic carbocycles. The van der Waals surface area contributed by atoms with Crippen molar-refractivity contribution in [2.45, 2.75) is 24.5 Å². The molecule has 0 unspecified atom stereocenters. The largest absolute Gasteiger partial charge is 0.367 e. The van der Waals surface area contributed by atoms with E-state index in [1.54, 1.807) is 18.3 Å². The highest BCUT2D eigenvalue weighted by molar-refractivity contribution is 7.99. The molecule has 2 aromatic heterocycles. The Morgan fingerprint density at radius 3 is 2.88 bits per heavy atom. The lowest BCUT2D eigenvalue weighted by Gasteiger charge is -2.10. The second-order valence-electron chi connectivity index (χ2n) is 5.97. The number of benzene rings is 1. The second-order valence-corrected chi connectivity index (χ2v) is 7.67. The van der Waals surface area contributed by atoms with Crippen LogP contribution in [0.25, 0.3) is 5.65 Å². The maximum Gasteiger partial charge on any atom is 0.203 e. The number of fused-ring (bicyclic) bond motifs is 1. The van der Waals surface area contributed by atoms with Gasteiger partial charge in [0.15, 0.2) is 11.6 Å². The Hall–Kier alpha value is -1.86. The Balaban J connectivity index is 1.53. The van der Waals surface area contributed by atoms with Crippen LogP contribution in [-0.2, 0) is 6.42 Å². The third kappa shape index (κ3) is 3.57. The summed E-state index contributed by atoms with van der Waals surface area (Å²) in [7, 11) is 0. The molecule has 3 heterocycles. The van der Waals surface area contributed by atoms with Gasteiger partial charge < -0.3 is 5.32 Å². The Morgan fingerprint density at radius 1 is 1.28 bits per heavy atom. The van der Waals surface area contributed by atoms with E-state index >= 15 is 0 Å². The third-order valence-electron chi connectivity index (χ3n) is 4.23. The summed E-state index contributed by atoms with van der Waals surface area (Å²) in [6.07, 6.45) is 4.83. The van der Waals surface area contributed by atoms with Gasteiger partial charge in [-0.1, -0.05) is 23.7 Å². The molecule has 0 spiro atoms. The van der Waals surface area contributed by atoms with Crippen molar-refractivity contribution >= 4 is 34.8 Å². The Labute approximate surface area is 154 Å². The molecular weight excluding hydrogens is 361 g/mol. The number of nitrogens with one attached hydrogen (secondary N) is 1. The molecule has 0 amide bonds. The Morgan fingerprint density at radius 2 is 2.12 bits per heavy atom. The van der Waals surface area contributed by atoms with Crippen molar-refractivity contribution in [2.24, 2.45) is 0 Å². The van der Waals surface area contributed by atoms with Crippen LogP contribution in [0.1, 0.15) is 29.5 Å². The molecule has 0 saturated carbocycles. The number of thioether (sulfide) groups is 1. The minimum atomic E-state index is -0.226. The quantitative estimate of drug-likeness (QED) is 0.724. The summed E-state index contributed by atoms with van der Waals surface area (Å²) in [4.78, 5) is 4.35. The number of halogens is 2. The van der Waals surface area contributed by atoms with Crippen molar-refractivity contribution < 1.29 is 4.39 Å². The number of hydrogen-bond donors (Lipinski definition) is 1. The lowest BCUT2D eigenvalue weighted by atomic mass is 10.1. The van der Waals surface area contributed by atoms with Gasteiger partial charge >= 0.3 is 0 Å². The van der Waals surface area contributed by atoms with Gasteiger partial charge in [-0.05, 0) is 42.7 Å². The first-order valence-corrected chi connectivity index (χ1v) is 9.64. The minimum Gasteiger partial charge on any atom is -0.367 e. The summed E-state index contributed by atoms with van der Waals surface area (Å²) in [5, 5.41) is 12.7. The van der Waals surface area contributed by atoms with Gasteiger partial charge in [-0.3, -0.25) is 4.40 Å². The maximum atomic E-state index is 13.0. The van der Waals surface area contributed by atoms with Crippen LogP contribution in [0.3, 0.4) is 0 Å². The highest BCUT2D eigenvalue weighted by Gasteiger charge is 2.24. The molecule has 1 aliphatic rings. The summed E-state index contributed by atoms with van der Waals surface area (Å²) in [5.41, 5.74) is 1.74. The molecule has 130 valence electrons. The van der Waals surface area contributed by atoms with E-state index in [4.69, 9.17) is 11.6 Å². The highest BCUT2D eigenvalue weighted by Crippen LogP contribution is 2.39. The van der Waals surface area contributed by atoms with Crippen LogP contribution in [0.2, 0.25) is 5.15 Å². The smallest absolute Gasteiger partial charge is 0.203 e. The van der Waals surface area contributed by atoms with Crippen LogP contribution in [0.4, 0.5) is 10.2 Å². The average molecular weight is 378 g/mol. The molecule has 1 atom stereocenters. The SMILES string of the molecule is Fc1ccc(CCNc2nc(Cl)cn3c([C@@H]4CCCS4)nnc23)cc1. The van der Waals surface area contributed by atoms with Gasteiger partial charge in [0.2, 0.25) is 5.65 Å². The molecule has 1 aromatic carbocycles. The summed E-state index contributed by atoms with van der Waals surface area (Å²) >= 11 is 8.10. The zero-order valence-electron chi connectivity index (χ0n) is 13.5. The molecule has 1 saturated heterocycles. The lowest BCUT2D eigenvalue weighted by Crippen LogP contribution is -2.09. The van der Waals surface area contributed by atoms with Gasteiger partial charge in [-0.25, -0.2) is 9.37 Å². The predicted octanol–water partition coefficient (Wildman–Crippen LogP) is 4.14. The first-order chi connectivity index (χ1) is 12.2. The van der Waals surface area contributed by atoms with Crippen LogP contribution in [0.5, 0.6) is 0 Å². The van der Waals surface area contributed by atoms with Gasteiger partial charge in [0.05, 0.1) is 5.25 Å². The number of anilines is 1. The zero-order chi connectivity index (χ0) is 17.2. The van der Waals surface area contributed by atoms with Crippen LogP contribution in [0, 0.1) is 5.82 Å². The number of rotatable bonds is 5. The standard InChI is InChI=1S/C17H17ClFN5S/c18-14-10-24-16(13-2-1-9-25-13)22-23-17(24)15(21-14)20-8-7-11-3-5-12(19)6-4-11/h3-6,10,13H,1-2,7-9H2,(H,20,21)/t13-/m0/s1. The summed E-state index contributed by atoms with van der Waals surface area (Å²) < 4.78 is 14.9. The van der Waals surface area contributed by atoms with Gasteiger partial charge in [0.1, 0.15) is 11.0 Å². The van der Waals surface area contributed by atoms with Crippen LogP contribution in [-0.4, -0.2) is 31.9 Å². The van der Waals surface area contributed by atoms with E-state index in [1.165, 1.54) is 18.6 Å². The van der Waals surface area contributed by atoms with Crippen LogP contribution >= 0.6 is 23.4 Å². The van der Waals surface area contributed by atoms with E-state index < -0.39 is 0 Å². The molecule has 1 fully saturated rings. The van der Waals surface area contributed by atoms with Gasteiger partial charge in [0, 0.05) is 12.7 Å². The maximum absolute atomic E-state index is 13.0. The monoisotopic (exact) mass is 377 g/mol. The van der Waals surface area contributed by atoms with Gasteiger partial charge in [-0.15, -0.1) is 10.2 Å². The number of hydrogen-bond acceptors (Lipinski definition) is 5. The Bertz CT molecular complexity index is 877. The number of aromatic nitrogens is 4. The molecule has 0 bridgehead atoms. The van der Waals surface area contributed by atoms with Crippen molar-refractivity contribution in [3.63, 3.8) is 0 Å². The fourth-order valence-electron chi connectivity index (χ4n) is 2.98. The molecule has 1 N–H and O–H groups in total. The van der Waals surface area contributed by atoms with Crippen molar-refractivity contribution in [3.05, 3.63) is 52.8 Å². The first kappa shape index (κ1) is 16.6. The summed E-state index contributed by atoms with van der Waals surface area (Å²) in [6, 6.07) is 6.50. The fraction of sp³-hybridized carbons (Fsp3) is 0.353. The van der Waals surface area contributed by atoms with Crippen molar-refractivity contribution in [1.82, 2.24) is 19.6 Å². The average Bonchev–Trinajstić information content (AvgIpc) is 3.25. The predicted molar refractivity (Wildman–Crippen MR) is 98.8 cm³/mol. The van der Waals surface area contributed by atoms with E-state index in [-0.39, 0.29) is 5.82 Å². The fourth-order valence-corrected chi connectivity index (χ4v) is 4.42. The number of nitrogens with zero attached hydrogens (tertiary/aromatic N) is 4. The molecule has 25 heavy (non-hydrogen) atoms. The highest BCUT2D eigenvalue weighted by atomic mass is 35.5. The van der Waals surface area contributed by atoms with Gasteiger partial charge in [0.25, 0.3) is 0 Å². The van der Waals surface area contributed by atoms with Crippen LogP contribution < -0.4 is 5.32 Å². The lowest BCUT2D eigenvalue weighted by molar-refractivity contribution is 0.627. The van der Waals surface area contributed by atoms with E-state index in [0.717, 1.165) is 30.0 Å². The van der Waals surface area contributed by atoms with Crippen molar-refractivity contribution in [2.75, 3.05) is 17.6 Å². The molecule has 8 heteroatoms. The molecule has 0 radical (unpaired) electrons. The van der Waals surface area contributed by atoms with E-state index in [1.807, 2.05) is 16.2 Å². The summed E-state index contributed by atoms with van der Waals surface area (Å²) in [6.45, 7) is 0.648. The van der Waals surface area contributed by atoms with Crippen LogP contribution in [0.15, 0.2) is 30.5 Å². The third-order valence-corrected chi connectivity index (χ3v) is 5.78. The van der Waals surface area contributed by atoms with E-state index in [0.29, 0.717) is 28.4 Å². The Kier molecular flexibility index (Phi) is 4.76. The summed E-state index contributed by atoms with van der Waals surface area (Å²) in [5.74, 6) is 2.48.